The topological polar surface area (TPSA) is 94.1 Å². The summed E-state index contributed by atoms with van der Waals surface area (Å²) in [6, 6.07) is 14.6. The lowest BCUT2D eigenvalue weighted by Crippen LogP contribution is -2.27. The molecule has 1 N–H and O–H groups in total. The van der Waals surface area contributed by atoms with Gasteiger partial charge in [0, 0.05) is 0 Å². The fourth-order valence-electron chi connectivity index (χ4n) is 1.99. The standard InChI is InChI=1S/C19H22N2O5S/c1-19(2,3)26-18(22)14-25-16-11-9-15(10-12-16)13-20-21-27(23,24)17-7-5-4-6-8-17/h4-13,21H,14H2,1-3H3/b20-13-. The van der Waals surface area contributed by atoms with Crippen molar-refractivity contribution in [3.63, 3.8) is 0 Å². The Balaban J connectivity index is 1.88. The van der Waals surface area contributed by atoms with E-state index in [1.807, 2.05) is 0 Å². The Morgan fingerprint density at radius 3 is 2.30 bits per heavy atom. The van der Waals surface area contributed by atoms with Gasteiger partial charge in [0.1, 0.15) is 11.4 Å². The number of nitrogens with zero attached hydrogens (tertiary/aromatic N) is 1. The summed E-state index contributed by atoms with van der Waals surface area (Å²) >= 11 is 0. The maximum atomic E-state index is 12.0. The number of sulfonamides is 1. The van der Waals surface area contributed by atoms with E-state index >= 15 is 0 Å². The molecule has 8 heteroatoms. The molecule has 0 saturated heterocycles. The van der Waals surface area contributed by atoms with Crippen LogP contribution >= 0.6 is 0 Å². The van der Waals surface area contributed by atoms with E-state index in [2.05, 4.69) is 9.93 Å². The van der Waals surface area contributed by atoms with Gasteiger partial charge in [0.15, 0.2) is 6.61 Å². The Morgan fingerprint density at radius 2 is 1.70 bits per heavy atom. The van der Waals surface area contributed by atoms with Crippen molar-refractivity contribution in [3.8, 4) is 5.75 Å². The van der Waals surface area contributed by atoms with Crippen LogP contribution in [0.1, 0.15) is 26.3 Å². The van der Waals surface area contributed by atoms with E-state index < -0.39 is 21.6 Å². The molecule has 2 aromatic carbocycles. The highest BCUT2D eigenvalue weighted by Crippen LogP contribution is 2.13. The molecule has 0 atom stereocenters. The molecule has 0 aliphatic carbocycles. The minimum Gasteiger partial charge on any atom is -0.482 e. The number of benzene rings is 2. The van der Waals surface area contributed by atoms with Crippen molar-refractivity contribution < 1.29 is 22.7 Å². The highest BCUT2D eigenvalue weighted by atomic mass is 32.2. The van der Waals surface area contributed by atoms with E-state index in [0.29, 0.717) is 11.3 Å². The molecule has 0 aliphatic heterocycles. The zero-order valence-corrected chi connectivity index (χ0v) is 16.2. The molecule has 0 aromatic heterocycles. The fourth-order valence-corrected chi connectivity index (χ4v) is 2.80. The fraction of sp³-hybridized carbons (Fsp3) is 0.263. The van der Waals surface area contributed by atoms with Gasteiger partial charge in [-0.1, -0.05) is 18.2 Å². The van der Waals surface area contributed by atoms with Crippen molar-refractivity contribution in [1.29, 1.82) is 0 Å². The SMILES string of the molecule is CC(C)(C)OC(=O)COc1ccc(/C=N\NS(=O)(=O)c2ccccc2)cc1. The molecular formula is C19H22N2O5S. The molecular weight excluding hydrogens is 368 g/mol. The van der Waals surface area contributed by atoms with Gasteiger partial charge >= 0.3 is 5.97 Å². The lowest BCUT2D eigenvalue weighted by atomic mass is 10.2. The van der Waals surface area contributed by atoms with Crippen LogP contribution in [0, 0.1) is 0 Å². The van der Waals surface area contributed by atoms with Gasteiger partial charge in [-0.05, 0) is 62.7 Å². The van der Waals surface area contributed by atoms with Crippen molar-refractivity contribution in [1.82, 2.24) is 4.83 Å². The predicted molar refractivity (Wildman–Crippen MR) is 102 cm³/mol. The van der Waals surface area contributed by atoms with Crippen molar-refractivity contribution in [2.45, 2.75) is 31.3 Å². The maximum Gasteiger partial charge on any atom is 0.344 e. The molecule has 2 aromatic rings. The number of hydrogen-bond donors (Lipinski definition) is 1. The molecule has 0 bridgehead atoms. The Morgan fingerprint density at radius 1 is 1.07 bits per heavy atom. The van der Waals surface area contributed by atoms with E-state index in [0.717, 1.165) is 0 Å². The number of ether oxygens (including phenoxy) is 2. The van der Waals surface area contributed by atoms with Gasteiger partial charge in [-0.15, -0.1) is 0 Å². The molecule has 0 spiro atoms. The van der Waals surface area contributed by atoms with Gasteiger partial charge in [-0.2, -0.15) is 13.5 Å². The molecule has 0 radical (unpaired) electrons. The Bertz CT molecular complexity index is 886. The number of hydrazone groups is 1. The first kappa shape index (κ1) is 20.4. The molecule has 144 valence electrons. The zero-order chi connectivity index (χ0) is 19.9. The number of hydrogen-bond acceptors (Lipinski definition) is 6. The monoisotopic (exact) mass is 390 g/mol. The molecule has 7 nitrogen and oxygen atoms in total. The minimum absolute atomic E-state index is 0.132. The highest BCUT2D eigenvalue weighted by molar-refractivity contribution is 7.89. The van der Waals surface area contributed by atoms with Crippen molar-refractivity contribution >= 4 is 22.2 Å². The molecule has 0 amide bonds. The summed E-state index contributed by atoms with van der Waals surface area (Å²) in [6.45, 7) is 5.16. The van der Waals surface area contributed by atoms with Gasteiger partial charge < -0.3 is 9.47 Å². The summed E-state index contributed by atoms with van der Waals surface area (Å²) in [4.78, 5) is 13.9. The smallest absolute Gasteiger partial charge is 0.344 e. The molecule has 0 aliphatic rings. The molecule has 0 saturated carbocycles. The van der Waals surface area contributed by atoms with E-state index in [-0.39, 0.29) is 11.5 Å². The number of nitrogens with one attached hydrogen (secondary N) is 1. The van der Waals surface area contributed by atoms with Gasteiger partial charge in [-0.25, -0.2) is 9.63 Å². The van der Waals surface area contributed by atoms with Gasteiger partial charge in [0.05, 0.1) is 11.1 Å². The Labute approximate surface area is 159 Å². The van der Waals surface area contributed by atoms with Crippen LogP contribution in [0.5, 0.6) is 5.75 Å². The van der Waals surface area contributed by atoms with Crippen LogP contribution in [0.3, 0.4) is 0 Å². The number of carbonyl (C=O) groups excluding carboxylic acids is 1. The number of rotatable bonds is 7. The average Bonchev–Trinajstić information content (AvgIpc) is 2.60. The van der Waals surface area contributed by atoms with Gasteiger partial charge in [-0.3, -0.25) is 0 Å². The second kappa shape index (κ2) is 8.68. The second-order valence-electron chi connectivity index (χ2n) is 6.61. The van der Waals surface area contributed by atoms with Crippen LogP contribution in [0.2, 0.25) is 0 Å². The van der Waals surface area contributed by atoms with Crippen molar-refractivity contribution in [2.75, 3.05) is 6.61 Å². The molecule has 0 heterocycles. The van der Waals surface area contributed by atoms with E-state index in [4.69, 9.17) is 9.47 Å². The van der Waals surface area contributed by atoms with Crippen LogP contribution in [0.4, 0.5) is 0 Å². The maximum absolute atomic E-state index is 12.0. The highest BCUT2D eigenvalue weighted by Gasteiger charge is 2.16. The second-order valence-corrected chi connectivity index (χ2v) is 8.27. The van der Waals surface area contributed by atoms with Gasteiger partial charge in [0.25, 0.3) is 10.0 Å². The lowest BCUT2D eigenvalue weighted by Gasteiger charge is -2.19. The Hall–Kier alpha value is -2.87. The zero-order valence-electron chi connectivity index (χ0n) is 15.4. The number of carbonyl (C=O) groups is 1. The van der Waals surface area contributed by atoms with Crippen molar-refractivity contribution in [3.05, 3.63) is 60.2 Å². The average molecular weight is 390 g/mol. The molecule has 27 heavy (non-hydrogen) atoms. The Kier molecular flexibility index (Phi) is 6.57. The third kappa shape index (κ3) is 7.10. The minimum atomic E-state index is -3.70. The largest absolute Gasteiger partial charge is 0.482 e. The normalized spacial score (nSPS) is 12.0. The van der Waals surface area contributed by atoms with E-state index in [1.165, 1.54) is 18.3 Å². The summed E-state index contributed by atoms with van der Waals surface area (Å²) in [6.07, 6.45) is 1.37. The van der Waals surface area contributed by atoms with Crippen LogP contribution in [-0.4, -0.2) is 32.8 Å². The molecule has 0 fully saturated rings. The summed E-state index contributed by atoms with van der Waals surface area (Å²) in [5, 5.41) is 3.76. The summed E-state index contributed by atoms with van der Waals surface area (Å²) in [5.74, 6) is 0.0336. The quantitative estimate of drug-likeness (QED) is 0.446. The van der Waals surface area contributed by atoms with E-state index in [1.54, 1.807) is 63.2 Å². The summed E-state index contributed by atoms with van der Waals surface area (Å²) in [7, 11) is -3.70. The lowest BCUT2D eigenvalue weighted by molar-refractivity contribution is -0.157. The summed E-state index contributed by atoms with van der Waals surface area (Å²) < 4.78 is 34.6. The first-order valence-electron chi connectivity index (χ1n) is 8.20. The molecule has 2 rings (SSSR count). The van der Waals surface area contributed by atoms with Crippen LogP contribution in [0.25, 0.3) is 0 Å². The number of esters is 1. The first-order valence-corrected chi connectivity index (χ1v) is 9.69. The molecule has 0 unspecified atom stereocenters. The van der Waals surface area contributed by atoms with E-state index in [9.17, 15) is 13.2 Å². The van der Waals surface area contributed by atoms with Crippen LogP contribution in [0.15, 0.2) is 64.6 Å². The third-order valence-electron chi connectivity index (χ3n) is 3.10. The van der Waals surface area contributed by atoms with Crippen LogP contribution in [-0.2, 0) is 19.6 Å². The van der Waals surface area contributed by atoms with Gasteiger partial charge in [0.2, 0.25) is 0 Å². The summed E-state index contributed by atoms with van der Waals surface area (Å²) in [5.41, 5.74) is 0.101. The third-order valence-corrected chi connectivity index (χ3v) is 4.34. The van der Waals surface area contributed by atoms with Crippen LogP contribution < -0.4 is 9.57 Å². The van der Waals surface area contributed by atoms with Crippen molar-refractivity contribution in [2.24, 2.45) is 5.10 Å². The first-order chi connectivity index (χ1) is 12.7. The predicted octanol–water partition coefficient (Wildman–Crippen LogP) is 2.72.